The number of aromatic nitrogens is 3. The van der Waals surface area contributed by atoms with Gasteiger partial charge in [-0.05, 0) is 31.2 Å². The number of carbonyl (C=O) groups excluding carboxylic acids is 1. The van der Waals surface area contributed by atoms with Crippen LogP contribution in [0.2, 0.25) is 0 Å². The fourth-order valence-corrected chi connectivity index (χ4v) is 3.24. The molecule has 2 aromatic carbocycles. The van der Waals surface area contributed by atoms with Crippen LogP contribution in [0.15, 0.2) is 59.4 Å². The molecule has 0 bridgehead atoms. The minimum atomic E-state index is -0.544. The molecule has 0 fully saturated rings. The first-order valence-corrected chi connectivity index (χ1v) is 8.97. The zero-order valence-electron chi connectivity index (χ0n) is 15.6. The van der Waals surface area contributed by atoms with E-state index in [1.807, 2.05) is 24.3 Å². The van der Waals surface area contributed by atoms with Gasteiger partial charge in [-0.3, -0.25) is 14.3 Å². The summed E-state index contributed by atoms with van der Waals surface area (Å²) in [6.45, 7) is 1.40. The Morgan fingerprint density at radius 2 is 1.72 bits per heavy atom. The molecule has 2 heterocycles. The van der Waals surface area contributed by atoms with E-state index in [0.29, 0.717) is 33.1 Å². The Morgan fingerprint density at radius 1 is 1.07 bits per heavy atom. The van der Waals surface area contributed by atoms with Crippen molar-refractivity contribution in [3.63, 3.8) is 0 Å². The summed E-state index contributed by atoms with van der Waals surface area (Å²) in [4.78, 5) is 34.3. The highest BCUT2D eigenvalue weighted by Gasteiger charge is 2.16. The number of rotatable bonds is 4. The number of ether oxygens (including phenoxy) is 1. The lowest BCUT2D eigenvalue weighted by Gasteiger charge is -2.12. The first-order valence-electron chi connectivity index (χ1n) is 8.97. The zero-order valence-corrected chi connectivity index (χ0v) is 15.6. The van der Waals surface area contributed by atoms with Crippen LogP contribution in [-0.4, -0.2) is 20.5 Å². The molecular formula is C22H16N4O3. The van der Waals surface area contributed by atoms with Crippen molar-refractivity contribution in [3.05, 3.63) is 82.0 Å². The SMILES string of the molecule is Cc1cc(C(=O)OCc2nc3ccccc3c(=O)n2CC#N)c2ccccc2n1. The van der Waals surface area contributed by atoms with Gasteiger partial charge in [0, 0.05) is 11.1 Å². The molecule has 0 spiro atoms. The topological polar surface area (TPSA) is 97.9 Å². The summed E-state index contributed by atoms with van der Waals surface area (Å²) in [7, 11) is 0. The van der Waals surface area contributed by atoms with Crippen LogP contribution in [-0.2, 0) is 17.9 Å². The minimum absolute atomic E-state index is 0.180. The van der Waals surface area contributed by atoms with E-state index in [0.717, 1.165) is 0 Å². The van der Waals surface area contributed by atoms with Gasteiger partial charge in [0.25, 0.3) is 5.56 Å². The number of benzene rings is 2. The smallest absolute Gasteiger partial charge is 0.339 e. The maximum absolute atomic E-state index is 12.8. The van der Waals surface area contributed by atoms with Crippen molar-refractivity contribution in [1.29, 1.82) is 5.26 Å². The number of aryl methyl sites for hydroxylation is 1. The second-order valence-electron chi connectivity index (χ2n) is 6.50. The zero-order chi connectivity index (χ0) is 20.4. The molecule has 4 rings (SSSR count). The largest absolute Gasteiger partial charge is 0.454 e. The third-order valence-electron chi connectivity index (χ3n) is 4.57. The van der Waals surface area contributed by atoms with Crippen LogP contribution < -0.4 is 5.56 Å². The molecule has 4 aromatic rings. The third-order valence-corrected chi connectivity index (χ3v) is 4.57. The van der Waals surface area contributed by atoms with E-state index in [1.165, 1.54) is 4.57 Å². The normalized spacial score (nSPS) is 10.8. The lowest BCUT2D eigenvalue weighted by molar-refractivity contribution is 0.0459. The van der Waals surface area contributed by atoms with Gasteiger partial charge in [-0.15, -0.1) is 0 Å². The van der Waals surface area contributed by atoms with Gasteiger partial charge in [-0.1, -0.05) is 30.3 Å². The van der Waals surface area contributed by atoms with Crippen LogP contribution in [0.25, 0.3) is 21.8 Å². The third kappa shape index (κ3) is 3.44. The summed E-state index contributed by atoms with van der Waals surface area (Å²) in [6, 6.07) is 17.8. The number of esters is 1. The van der Waals surface area contributed by atoms with E-state index in [-0.39, 0.29) is 24.5 Å². The summed E-state index contributed by atoms with van der Waals surface area (Å²) in [5.74, 6) is -0.323. The monoisotopic (exact) mass is 384 g/mol. The van der Waals surface area contributed by atoms with Crippen molar-refractivity contribution in [2.45, 2.75) is 20.1 Å². The Kier molecular flexibility index (Phi) is 4.75. The minimum Gasteiger partial charge on any atom is -0.454 e. The van der Waals surface area contributed by atoms with Crippen LogP contribution in [0.1, 0.15) is 21.9 Å². The Bertz CT molecular complexity index is 1350. The Morgan fingerprint density at radius 3 is 2.45 bits per heavy atom. The van der Waals surface area contributed by atoms with Crippen LogP contribution >= 0.6 is 0 Å². The molecule has 2 aromatic heterocycles. The lowest BCUT2D eigenvalue weighted by Crippen LogP contribution is -2.26. The average molecular weight is 384 g/mol. The van der Waals surface area contributed by atoms with Crippen molar-refractivity contribution in [3.8, 4) is 6.07 Å². The molecule has 0 aliphatic heterocycles. The second-order valence-corrected chi connectivity index (χ2v) is 6.50. The maximum atomic E-state index is 12.8. The predicted octanol–water partition coefficient (Wildman–Crippen LogP) is 3.13. The summed E-state index contributed by atoms with van der Waals surface area (Å²) in [5, 5.41) is 10.2. The molecule has 0 aliphatic carbocycles. The number of nitrogens with zero attached hydrogens (tertiary/aromatic N) is 4. The van der Waals surface area contributed by atoms with Gasteiger partial charge in [-0.25, -0.2) is 9.78 Å². The molecule has 0 atom stereocenters. The molecule has 0 N–H and O–H groups in total. The van der Waals surface area contributed by atoms with Crippen molar-refractivity contribution < 1.29 is 9.53 Å². The highest BCUT2D eigenvalue weighted by molar-refractivity contribution is 6.03. The number of hydrogen-bond acceptors (Lipinski definition) is 6. The molecule has 0 aliphatic rings. The van der Waals surface area contributed by atoms with Gasteiger partial charge in [0.2, 0.25) is 0 Å². The Balaban J connectivity index is 1.70. The molecule has 29 heavy (non-hydrogen) atoms. The number of fused-ring (bicyclic) bond motifs is 2. The highest BCUT2D eigenvalue weighted by Crippen LogP contribution is 2.19. The Hall–Kier alpha value is -4.05. The second kappa shape index (κ2) is 7.52. The number of nitriles is 1. The van der Waals surface area contributed by atoms with E-state index in [1.54, 1.807) is 43.3 Å². The first kappa shape index (κ1) is 18.3. The van der Waals surface area contributed by atoms with E-state index >= 15 is 0 Å². The summed E-state index contributed by atoms with van der Waals surface area (Å²) in [6.07, 6.45) is 0. The van der Waals surface area contributed by atoms with E-state index < -0.39 is 5.97 Å². The predicted molar refractivity (Wildman–Crippen MR) is 107 cm³/mol. The van der Waals surface area contributed by atoms with Crippen LogP contribution in [0.4, 0.5) is 0 Å². The van der Waals surface area contributed by atoms with E-state index in [9.17, 15) is 9.59 Å². The van der Waals surface area contributed by atoms with Gasteiger partial charge < -0.3 is 4.74 Å². The molecule has 0 saturated carbocycles. The fraction of sp³-hybridized carbons (Fsp3) is 0.136. The van der Waals surface area contributed by atoms with Gasteiger partial charge >= 0.3 is 5.97 Å². The molecular weight excluding hydrogens is 368 g/mol. The standard InChI is InChI=1S/C22H16N4O3/c1-14-12-17(15-6-2-4-8-18(15)24-14)22(28)29-13-20-25-19-9-5-3-7-16(19)21(27)26(20)11-10-23/h2-9,12H,11,13H2,1H3. The van der Waals surface area contributed by atoms with Crippen molar-refractivity contribution >= 4 is 27.8 Å². The van der Waals surface area contributed by atoms with Gasteiger partial charge in [0.1, 0.15) is 13.2 Å². The quantitative estimate of drug-likeness (QED) is 0.501. The molecule has 0 unspecified atom stereocenters. The first-order chi connectivity index (χ1) is 14.1. The van der Waals surface area contributed by atoms with Gasteiger partial charge in [0.15, 0.2) is 5.82 Å². The fourth-order valence-electron chi connectivity index (χ4n) is 3.24. The molecule has 7 heteroatoms. The molecule has 142 valence electrons. The number of carbonyl (C=O) groups is 1. The van der Waals surface area contributed by atoms with Crippen LogP contribution in [0.3, 0.4) is 0 Å². The lowest BCUT2D eigenvalue weighted by atomic mass is 10.1. The molecule has 0 saturated heterocycles. The number of hydrogen-bond donors (Lipinski definition) is 0. The van der Waals surface area contributed by atoms with E-state index in [4.69, 9.17) is 10.00 Å². The molecule has 7 nitrogen and oxygen atoms in total. The molecule has 0 radical (unpaired) electrons. The van der Waals surface area contributed by atoms with Crippen molar-refractivity contribution in [1.82, 2.24) is 14.5 Å². The maximum Gasteiger partial charge on any atom is 0.339 e. The Labute approximate surface area is 165 Å². The number of para-hydroxylation sites is 2. The molecule has 0 amide bonds. The average Bonchev–Trinajstić information content (AvgIpc) is 2.73. The van der Waals surface area contributed by atoms with Gasteiger partial charge in [-0.2, -0.15) is 5.26 Å². The van der Waals surface area contributed by atoms with Crippen LogP contribution in [0.5, 0.6) is 0 Å². The number of pyridine rings is 1. The van der Waals surface area contributed by atoms with Crippen molar-refractivity contribution in [2.75, 3.05) is 0 Å². The van der Waals surface area contributed by atoms with Crippen LogP contribution in [0, 0.1) is 18.3 Å². The summed E-state index contributed by atoms with van der Waals surface area (Å²) in [5.41, 5.74) is 1.94. The summed E-state index contributed by atoms with van der Waals surface area (Å²) >= 11 is 0. The summed E-state index contributed by atoms with van der Waals surface area (Å²) < 4.78 is 6.70. The van der Waals surface area contributed by atoms with E-state index in [2.05, 4.69) is 9.97 Å². The highest BCUT2D eigenvalue weighted by atomic mass is 16.5. The van der Waals surface area contributed by atoms with Crippen molar-refractivity contribution in [2.24, 2.45) is 0 Å². The van der Waals surface area contributed by atoms with Gasteiger partial charge in [0.05, 0.1) is 28.1 Å².